The lowest BCUT2D eigenvalue weighted by atomic mass is 9.80. The molecule has 2 aliphatic rings. The SMILES string of the molecule is CC(C)C1CCC(n2cc(NC(=O)c3cnn4ccc(N5C[C@H](N)CC(F)(F)C5)nc34)c(C(F)F)n2)CC1. The summed E-state index contributed by atoms with van der Waals surface area (Å²) in [5, 5.41) is 10.8. The minimum atomic E-state index is -2.97. The van der Waals surface area contributed by atoms with Gasteiger partial charge in [0.05, 0.1) is 24.5 Å². The van der Waals surface area contributed by atoms with Crippen LogP contribution >= 0.6 is 0 Å². The Morgan fingerprint density at radius 1 is 1.21 bits per heavy atom. The van der Waals surface area contributed by atoms with Gasteiger partial charge in [0.15, 0.2) is 11.3 Å². The van der Waals surface area contributed by atoms with Gasteiger partial charge in [-0.2, -0.15) is 10.2 Å². The molecule has 1 saturated heterocycles. The molecule has 1 saturated carbocycles. The maximum atomic E-state index is 14.1. The van der Waals surface area contributed by atoms with E-state index in [0.29, 0.717) is 11.8 Å². The topological polar surface area (TPSA) is 106 Å². The van der Waals surface area contributed by atoms with Gasteiger partial charge in [0, 0.05) is 31.4 Å². The van der Waals surface area contributed by atoms with Gasteiger partial charge < -0.3 is 16.0 Å². The molecule has 0 radical (unpaired) electrons. The number of hydrogen-bond acceptors (Lipinski definition) is 6. The number of nitrogens with one attached hydrogen (secondary N) is 1. The van der Waals surface area contributed by atoms with E-state index in [1.807, 2.05) is 0 Å². The van der Waals surface area contributed by atoms with Crippen LogP contribution in [0.4, 0.5) is 29.1 Å². The summed E-state index contributed by atoms with van der Waals surface area (Å²) in [6, 6.07) is 0.778. The van der Waals surface area contributed by atoms with E-state index >= 15 is 0 Å². The molecule has 1 amide bonds. The highest BCUT2D eigenvalue weighted by Crippen LogP contribution is 2.37. The number of carbonyl (C=O) groups is 1. The van der Waals surface area contributed by atoms with Gasteiger partial charge in [-0.3, -0.25) is 9.48 Å². The summed E-state index contributed by atoms with van der Waals surface area (Å²) in [7, 11) is 0. The number of piperidine rings is 1. The van der Waals surface area contributed by atoms with Gasteiger partial charge in [0.2, 0.25) is 0 Å². The fourth-order valence-corrected chi connectivity index (χ4v) is 5.58. The molecular weight excluding hydrogens is 504 g/mol. The van der Waals surface area contributed by atoms with Crippen molar-refractivity contribution in [1.29, 1.82) is 0 Å². The van der Waals surface area contributed by atoms with Crippen LogP contribution in [0.1, 0.15) is 74.5 Å². The highest BCUT2D eigenvalue weighted by Gasteiger charge is 2.39. The van der Waals surface area contributed by atoms with Crippen molar-refractivity contribution in [2.24, 2.45) is 17.6 Å². The minimum absolute atomic E-state index is 0.0107. The van der Waals surface area contributed by atoms with Crippen LogP contribution < -0.4 is 16.0 Å². The Hall–Kier alpha value is -3.22. The van der Waals surface area contributed by atoms with E-state index in [9.17, 15) is 22.4 Å². The Labute approximate surface area is 217 Å². The van der Waals surface area contributed by atoms with Crippen LogP contribution in [0.3, 0.4) is 0 Å². The van der Waals surface area contributed by atoms with Crippen molar-refractivity contribution in [3.63, 3.8) is 0 Å². The number of nitrogens with zero attached hydrogens (tertiary/aromatic N) is 6. The Kier molecular flexibility index (Phi) is 7.05. The second-order valence-electron chi connectivity index (χ2n) is 10.8. The Balaban J connectivity index is 1.37. The first-order valence-corrected chi connectivity index (χ1v) is 12.9. The molecule has 0 unspecified atom stereocenters. The molecule has 1 aliphatic heterocycles. The van der Waals surface area contributed by atoms with Gasteiger partial charge in [-0.15, -0.1) is 0 Å². The zero-order valence-electron chi connectivity index (χ0n) is 21.3. The van der Waals surface area contributed by atoms with Crippen molar-refractivity contribution in [3.8, 4) is 0 Å². The molecule has 1 atom stereocenters. The van der Waals surface area contributed by atoms with E-state index in [0.717, 1.165) is 25.7 Å². The van der Waals surface area contributed by atoms with E-state index in [2.05, 4.69) is 34.3 Å². The zero-order chi connectivity index (χ0) is 27.2. The molecular formula is C25H32F4N8O. The Bertz CT molecular complexity index is 1300. The fourth-order valence-electron chi connectivity index (χ4n) is 5.58. The fraction of sp³-hybridized carbons (Fsp3) is 0.600. The van der Waals surface area contributed by atoms with Crippen molar-refractivity contribution >= 4 is 23.1 Å². The minimum Gasteiger partial charge on any atom is -0.349 e. The molecule has 0 spiro atoms. The molecule has 3 aromatic rings. The van der Waals surface area contributed by atoms with Crippen molar-refractivity contribution in [2.75, 3.05) is 23.3 Å². The molecule has 3 N–H and O–H groups in total. The van der Waals surface area contributed by atoms with Crippen LogP contribution in [-0.2, 0) is 0 Å². The average molecular weight is 537 g/mol. The van der Waals surface area contributed by atoms with Gasteiger partial charge in [-0.1, -0.05) is 13.8 Å². The number of nitrogens with two attached hydrogens (primary N) is 1. The molecule has 2 fully saturated rings. The molecule has 5 rings (SSSR count). The predicted molar refractivity (Wildman–Crippen MR) is 134 cm³/mol. The number of rotatable bonds is 6. The van der Waals surface area contributed by atoms with E-state index in [1.54, 1.807) is 4.68 Å². The summed E-state index contributed by atoms with van der Waals surface area (Å²) in [5.41, 5.74) is 5.36. The monoisotopic (exact) mass is 536 g/mol. The first-order chi connectivity index (χ1) is 18.0. The third-order valence-electron chi connectivity index (χ3n) is 7.63. The van der Waals surface area contributed by atoms with Gasteiger partial charge in [0.1, 0.15) is 11.4 Å². The summed E-state index contributed by atoms with van der Waals surface area (Å²) >= 11 is 0. The number of alkyl halides is 4. The first-order valence-electron chi connectivity index (χ1n) is 12.9. The number of anilines is 2. The summed E-state index contributed by atoms with van der Waals surface area (Å²) in [6.45, 7) is 4.02. The molecule has 3 aromatic heterocycles. The normalized spacial score (nSPS) is 23.9. The molecule has 9 nitrogen and oxygen atoms in total. The zero-order valence-corrected chi connectivity index (χ0v) is 21.3. The molecule has 1 aliphatic carbocycles. The van der Waals surface area contributed by atoms with Crippen LogP contribution in [0.2, 0.25) is 0 Å². The van der Waals surface area contributed by atoms with Gasteiger partial charge in [0.25, 0.3) is 18.3 Å². The molecule has 38 heavy (non-hydrogen) atoms. The van der Waals surface area contributed by atoms with Gasteiger partial charge >= 0.3 is 0 Å². The maximum absolute atomic E-state index is 14.1. The highest BCUT2D eigenvalue weighted by molar-refractivity contribution is 6.08. The van der Waals surface area contributed by atoms with Crippen molar-refractivity contribution < 1.29 is 22.4 Å². The van der Waals surface area contributed by atoms with Crippen molar-refractivity contribution in [1.82, 2.24) is 24.4 Å². The molecule has 206 valence electrons. The smallest absolute Gasteiger partial charge is 0.284 e. The van der Waals surface area contributed by atoms with Gasteiger partial charge in [-0.05, 0) is 43.6 Å². The number of amides is 1. The maximum Gasteiger partial charge on any atom is 0.284 e. The number of hydrogen-bond donors (Lipinski definition) is 2. The van der Waals surface area contributed by atoms with E-state index in [-0.39, 0.29) is 35.3 Å². The standard InChI is InChI=1S/C25H32F4N8O/c1-14(2)15-3-5-17(6-4-15)37-12-19(21(34-37)22(26)27)32-24(38)18-10-31-36-8-7-20(33-23(18)36)35-11-16(30)9-25(28,29)13-35/h7-8,10,12,14-17,22H,3-6,9,11,13,30H2,1-2H3,(H,32,38)/t15?,16-,17?/m1/s1. The van der Waals surface area contributed by atoms with E-state index in [4.69, 9.17) is 5.73 Å². The number of aromatic nitrogens is 5. The van der Waals surface area contributed by atoms with E-state index < -0.39 is 43.0 Å². The summed E-state index contributed by atoms with van der Waals surface area (Å²) in [4.78, 5) is 18.9. The number of fused-ring (bicyclic) bond motifs is 1. The van der Waals surface area contributed by atoms with Crippen molar-refractivity contribution in [3.05, 3.63) is 35.9 Å². The van der Waals surface area contributed by atoms with Crippen molar-refractivity contribution in [2.45, 2.75) is 70.4 Å². The summed E-state index contributed by atoms with van der Waals surface area (Å²) in [6.07, 6.45) is 4.60. The Morgan fingerprint density at radius 3 is 2.61 bits per heavy atom. The number of carbonyl (C=O) groups excluding carboxylic acids is 1. The largest absolute Gasteiger partial charge is 0.349 e. The quantitative estimate of drug-likeness (QED) is 0.444. The molecule has 0 aromatic carbocycles. The van der Waals surface area contributed by atoms with Crippen LogP contribution in [0, 0.1) is 11.8 Å². The predicted octanol–water partition coefficient (Wildman–Crippen LogP) is 4.68. The lowest BCUT2D eigenvalue weighted by Gasteiger charge is -2.36. The molecule has 0 bridgehead atoms. The van der Waals surface area contributed by atoms with Crippen LogP contribution in [0.15, 0.2) is 24.7 Å². The summed E-state index contributed by atoms with van der Waals surface area (Å²) in [5.74, 6) is -2.26. The molecule has 13 heteroatoms. The van der Waals surface area contributed by atoms with Gasteiger partial charge in [-0.25, -0.2) is 27.1 Å². The Morgan fingerprint density at radius 2 is 1.95 bits per heavy atom. The van der Waals surface area contributed by atoms with Crippen LogP contribution in [0.5, 0.6) is 0 Å². The second-order valence-corrected chi connectivity index (χ2v) is 10.8. The molecule has 4 heterocycles. The lowest BCUT2D eigenvalue weighted by molar-refractivity contribution is -0.0174. The summed E-state index contributed by atoms with van der Waals surface area (Å²) < 4.78 is 58.7. The third-order valence-corrected chi connectivity index (χ3v) is 7.63. The number of halogens is 4. The highest BCUT2D eigenvalue weighted by atomic mass is 19.3. The first kappa shape index (κ1) is 26.4. The second kappa shape index (κ2) is 10.2. The van der Waals surface area contributed by atoms with Crippen LogP contribution in [-0.4, -0.2) is 55.3 Å². The lowest BCUT2D eigenvalue weighted by Crippen LogP contribution is -2.52. The van der Waals surface area contributed by atoms with E-state index in [1.165, 1.54) is 34.1 Å². The third kappa shape index (κ3) is 5.33. The van der Waals surface area contributed by atoms with Crippen LogP contribution in [0.25, 0.3) is 5.65 Å². The average Bonchev–Trinajstić information content (AvgIpc) is 3.47.